The van der Waals surface area contributed by atoms with Crippen LogP contribution in [0.1, 0.15) is 32.1 Å². The first-order valence-electron chi connectivity index (χ1n) is 5.58. The molecular formula is C11H20Si. The lowest BCUT2D eigenvalue weighted by molar-refractivity contribution is 0.402. The zero-order valence-corrected chi connectivity index (χ0v) is 10.1. The molecule has 3 unspecified atom stereocenters. The summed E-state index contributed by atoms with van der Waals surface area (Å²) < 4.78 is 0. The molecule has 0 aromatic carbocycles. The predicted molar refractivity (Wildman–Crippen MR) is 57.4 cm³/mol. The minimum absolute atomic E-state index is 0.982. The summed E-state index contributed by atoms with van der Waals surface area (Å²) in [4.78, 5) is 0. The molecule has 2 aliphatic rings. The molecule has 0 saturated heterocycles. The van der Waals surface area contributed by atoms with Gasteiger partial charge in [-0.15, -0.1) is 0 Å². The van der Waals surface area contributed by atoms with E-state index in [0.29, 0.717) is 0 Å². The molecule has 68 valence electrons. The molecule has 0 spiro atoms. The van der Waals surface area contributed by atoms with Gasteiger partial charge < -0.3 is 0 Å². The molecule has 0 aliphatic heterocycles. The Morgan fingerprint density at radius 3 is 2.67 bits per heavy atom. The van der Waals surface area contributed by atoms with E-state index in [-0.39, 0.29) is 0 Å². The van der Waals surface area contributed by atoms with Crippen LogP contribution in [-0.4, -0.2) is 10.2 Å². The van der Waals surface area contributed by atoms with Crippen LogP contribution in [0.2, 0.25) is 6.04 Å². The zero-order valence-electron chi connectivity index (χ0n) is 8.13. The van der Waals surface area contributed by atoms with E-state index < -0.39 is 0 Å². The minimum atomic E-state index is 0.982. The van der Waals surface area contributed by atoms with Crippen molar-refractivity contribution >= 4 is 10.2 Å². The maximum Gasteiger partial charge on any atom is 0.00279 e. The lowest BCUT2D eigenvalue weighted by Gasteiger charge is -2.17. The van der Waals surface area contributed by atoms with Crippen LogP contribution in [0.5, 0.6) is 0 Å². The van der Waals surface area contributed by atoms with Crippen molar-refractivity contribution in [3.63, 3.8) is 0 Å². The number of fused-ring (bicyclic) bond motifs is 2. The number of hydrogen-bond donors (Lipinski definition) is 0. The summed E-state index contributed by atoms with van der Waals surface area (Å²) in [5, 5.41) is 0. The van der Waals surface area contributed by atoms with Crippen molar-refractivity contribution in [2.24, 2.45) is 17.8 Å². The van der Waals surface area contributed by atoms with E-state index in [1.807, 2.05) is 0 Å². The van der Waals surface area contributed by atoms with Crippen molar-refractivity contribution in [2.45, 2.75) is 38.1 Å². The first kappa shape index (κ1) is 8.55. The molecule has 0 nitrogen and oxygen atoms in total. The second kappa shape index (κ2) is 3.78. The topological polar surface area (TPSA) is 0 Å². The van der Waals surface area contributed by atoms with E-state index in [2.05, 4.69) is 12.2 Å². The monoisotopic (exact) mass is 180 g/mol. The Labute approximate surface area is 78.9 Å². The average Bonchev–Trinajstić information content (AvgIpc) is 2.65. The van der Waals surface area contributed by atoms with E-state index in [0.717, 1.165) is 17.8 Å². The van der Waals surface area contributed by atoms with Crippen LogP contribution in [0, 0.1) is 17.8 Å². The van der Waals surface area contributed by atoms with Crippen molar-refractivity contribution < 1.29 is 0 Å². The van der Waals surface area contributed by atoms with Gasteiger partial charge in [0.25, 0.3) is 0 Å². The lowest BCUT2D eigenvalue weighted by Crippen LogP contribution is -2.06. The Morgan fingerprint density at radius 2 is 2.08 bits per heavy atom. The molecule has 0 radical (unpaired) electrons. The Hall–Kier alpha value is -0.0431. The molecular weight excluding hydrogens is 160 g/mol. The highest BCUT2D eigenvalue weighted by Gasteiger charge is 2.34. The molecule has 1 heteroatoms. The molecule has 0 aromatic heterocycles. The van der Waals surface area contributed by atoms with E-state index in [4.69, 9.17) is 0 Å². The van der Waals surface area contributed by atoms with Gasteiger partial charge in [-0.2, -0.15) is 0 Å². The maximum absolute atomic E-state index is 2.49. The quantitative estimate of drug-likeness (QED) is 0.353. The van der Waals surface area contributed by atoms with Crippen LogP contribution in [0.3, 0.4) is 0 Å². The van der Waals surface area contributed by atoms with Crippen LogP contribution >= 0.6 is 0 Å². The van der Waals surface area contributed by atoms with Crippen molar-refractivity contribution in [3.8, 4) is 0 Å². The molecule has 1 fully saturated rings. The predicted octanol–water partition coefficient (Wildman–Crippen LogP) is 2.15. The summed E-state index contributed by atoms with van der Waals surface area (Å²) in [7, 11) is 1.41. The standard InChI is InChI=1S/C11H20Si/c12-6-2-1-3-10-7-9-4-5-11(10)8-9/h4-5,9-11H,1-3,6-8H2,12H3. The van der Waals surface area contributed by atoms with Crippen LogP contribution in [0.4, 0.5) is 0 Å². The van der Waals surface area contributed by atoms with E-state index in [1.54, 1.807) is 0 Å². The first-order chi connectivity index (χ1) is 5.90. The van der Waals surface area contributed by atoms with Gasteiger partial charge in [-0.25, -0.2) is 0 Å². The third-order valence-electron chi connectivity index (χ3n) is 3.59. The molecule has 2 bridgehead atoms. The SMILES string of the molecule is [SiH3]CCCCC1CC2C=CC1C2. The van der Waals surface area contributed by atoms with Gasteiger partial charge in [-0.1, -0.05) is 31.0 Å². The van der Waals surface area contributed by atoms with Gasteiger partial charge in [-0.05, 0) is 37.0 Å². The third kappa shape index (κ3) is 1.66. The van der Waals surface area contributed by atoms with E-state index in [9.17, 15) is 0 Å². The van der Waals surface area contributed by atoms with Gasteiger partial charge in [0, 0.05) is 10.2 Å². The third-order valence-corrected chi connectivity index (χ3v) is 4.30. The molecule has 0 N–H and O–H groups in total. The van der Waals surface area contributed by atoms with Crippen LogP contribution in [0.25, 0.3) is 0 Å². The summed E-state index contributed by atoms with van der Waals surface area (Å²) in [6.07, 6.45) is 12.5. The van der Waals surface area contributed by atoms with Gasteiger partial charge in [0.1, 0.15) is 0 Å². The largest absolute Gasteiger partial charge is 0.0851 e. The molecule has 0 heterocycles. The van der Waals surface area contributed by atoms with Gasteiger partial charge in [-0.3, -0.25) is 0 Å². The lowest BCUT2D eigenvalue weighted by atomic mass is 9.89. The van der Waals surface area contributed by atoms with Crippen molar-refractivity contribution in [1.82, 2.24) is 0 Å². The number of unbranched alkanes of at least 4 members (excludes halogenated alkanes) is 1. The van der Waals surface area contributed by atoms with Gasteiger partial charge >= 0.3 is 0 Å². The maximum atomic E-state index is 2.49. The smallest absolute Gasteiger partial charge is 0.00279 e. The molecule has 2 aliphatic carbocycles. The summed E-state index contributed by atoms with van der Waals surface area (Å²) in [6.45, 7) is 0. The molecule has 0 amide bonds. The summed E-state index contributed by atoms with van der Waals surface area (Å²) in [6, 6.07) is 1.51. The second-order valence-electron chi connectivity index (χ2n) is 4.54. The molecule has 0 aromatic rings. The van der Waals surface area contributed by atoms with Crippen molar-refractivity contribution in [3.05, 3.63) is 12.2 Å². The normalized spacial score (nSPS) is 38.2. The van der Waals surface area contributed by atoms with E-state index >= 15 is 0 Å². The summed E-state index contributed by atoms with van der Waals surface area (Å²) in [5.74, 6) is 3.05. The summed E-state index contributed by atoms with van der Waals surface area (Å²) >= 11 is 0. The van der Waals surface area contributed by atoms with Gasteiger partial charge in [0.2, 0.25) is 0 Å². The highest BCUT2D eigenvalue weighted by molar-refractivity contribution is 6.08. The van der Waals surface area contributed by atoms with Crippen LogP contribution in [0.15, 0.2) is 12.2 Å². The number of allylic oxidation sites excluding steroid dienone is 2. The molecule has 12 heavy (non-hydrogen) atoms. The average molecular weight is 180 g/mol. The highest BCUT2D eigenvalue weighted by atomic mass is 28.1. The fourth-order valence-electron chi connectivity index (χ4n) is 2.88. The summed E-state index contributed by atoms with van der Waals surface area (Å²) in [5.41, 5.74) is 0. The Balaban J connectivity index is 1.73. The van der Waals surface area contributed by atoms with Crippen molar-refractivity contribution in [2.75, 3.05) is 0 Å². The van der Waals surface area contributed by atoms with Crippen LogP contribution in [-0.2, 0) is 0 Å². The first-order valence-corrected chi connectivity index (χ1v) is 7.00. The molecule has 2 rings (SSSR count). The van der Waals surface area contributed by atoms with E-state index in [1.165, 1.54) is 48.4 Å². The Kier molecular flexibility index (Phi) is 2.69. The number of rotatable bonds is 4. The Morgan fingerprint density at radius 1 is 1.17 bits per heavy atom. The second-order valence-corrected chi connectivity index (χ2v) is 5.54. The number of hydrogen-bond acceptors (Lipinski definition) is 0. The molecule has 1 saturated carbocycles. The fourth-order valence-corrected chi connectivity index (χ4v) is 3.38. The molecule has 3 atom stereocenters. The zero-order chi connectivity index (χ0) is 8.39. The minimum Gasteiger partial charge on any atom is -0.0851 e. The van der Waals surface area contributed by atoms with Gasteiger partial charge in [0.15, 0.2) is 0 Å². The van der Waals surface area contributed by atoms with Crippen molar-refractivity contribution in [1.29, 1.82) is 0 Å². The Bertz CT molecular complexity index is 174. The fraction of sp³-hybridized carbons (Fsp3) is 0.818. The highest BCUT2D eigenvalue weighted by Crippen LogP contribution is 2.45. The van der Waals surface area contributed by atoms with Crippen LogP contribution < -0.4 is 0 Å². The van der Waals surface area contributed by atoms with Gasteiger partial charge in [0.05, 0.1) is 0 Å².